The molecule has 0 unspecified atom stereocenters. The summed E-state index contributed by atoms with van der Waals surface area (Å²) in [6, 6.07) is 10.5. The number of aryl methyl sites for hydroxylation is 1. The standard InChI is InChI=1S/C25H37N3O5S/c1-7-27(8-2)22-14-13-20(34(30,31)28(9-3)10-4)18-21(22)26-25(29)16-12-19-11-15-23(32-5)24(17-19)33-6/h11,13-15,17-18H,7-10,12,16H2,1-6H3,(H,26,29). The largest absolute Gasteiger partial charge is 0.493 e. The van der Waals surface area contributed by atoms with Crippen LogP contribution < -0.4 is 19.7 Å². The molecule has 0 aliphatic rings. The van der Waals surface area contributed by atoms with Gasteiger partial charge in [-0.3, -0.25) is 4.79 Å². The summed E-state index contributed by atoms with van der Waals surface area (Å²) < 4.78 is 38.1. The number of rotatable bonds is 13. The molecule has 0 saturated heterocycles. The average Bonchev–Trinajstić information content (AvgIpc) is 2.84. The Hall–Kier alpha value is -2.78. The predicted molar refractivity (Wildman–Crippen MR) is 137 cm³/mol. The second-order valence-electron chi connectivity index (χ2n) is 7.68. The first-order chi connectivity index (χ1) is 16.2. The molecule has 1 N–H and O–H groups in total. The molecule has 0 fully saturated rings. The van der Waals surface area contributed by atoms with Crippen molar-refractivity contribution in [2.75, 3.05) is 50.6 Å². The zero-order valence-electron chi connectivity index (χ0n) is 21.1. The van der Waals surface area contributed by atoms with Gasteiger partial charge in [0, 0.05) is 32.6 Å². The van der Waals surface area contributed by atoms with Crippen molar-refractivity contribution in [3.05, 3.63) is 42.0 Å². The molecule has 8 nitrogen and oxygen atoms in total. The number of hydrogen-bond acceptors (Lipinski definition) is 6. The van der Waals surface area contributed by atoms with E-state index < -0.39 is 10.0 Å². The Kier molecular flexibility index (Phi) is 10.2. The molecule has 1 amide bonds. The number of nitrogens with zero attached hydrogens (tertiary/aromatic N) is 2. The van der Waals surface area contributed by atoms with E-state index in [1.807, 2.05) is 45.9 Å². The number of amides is 1. The minimum Gasteiger partial charge on any atom is -0.493 e. The van der Waals surface area contributed by atoms with Crippen LogP contribution in [0.3, 0.4) is 0 Å². The van der Waals surface area contributed by atoms with Gasteiger partial charge in [-0.1, -0.05) is 19.9 Å². The monoisotopic (exact) mass is 491 g/mol. The molecule has 0 aliphatic heterocycles. The molecule has 0 aliphatic carbocycles. The molecular weight excluding hydrogens is 454 g/mol. The van der Waals surface area contributed by atoms with Gasteiger partial charge in [0.05, 0.1) is 30.5 Å². The lowest BCUT2D eigenvalue weighted by Gasteiger charge is -2.26. The van der Waals surface area contributed by atoms with Crippen molar-refractivity contribution in [1.82, 2.24) is 4.31 Å². The molecule has 9 heteroatoms. The van der Waals surface area contributed by atoms with E-state index in [0.29, 0.717) is 36.7 Å². The Morgan fingerprint density at radius 2 is 1.53 bits per heavy atom. The molecule has 188 valence electrons. The van der Waals surface area contributed by atoms with E-state index in [-0.39, 0.29) is 17.2 Å². The Morgan fingerprint density at radius 3 is 2.09 bits per heavy atom. The Morgan fingerprint density at radius 1 is 0.882 bits per heavy atom. The topological polar surface area (TPSA) is 88.2 Å². The molecular formula is C25H37N3O5S. The van der Waals surface area contributed by atoms with Crippen LogP contribution in [-0.4, -0.2) is 59.0 Å². The van der Waals surface area contributed by atoms with Gasteiger partial charge in [-0.15, -0.1) is 0 Å². The summed E-state index contributed by atoms with van der Waals surface area (Å²) in [6.07, 6.45) is 0.740. The van der Waals surface area contributed by atoms with Crippen LogP contribution >= 0.6 is 0 Å². The van der Waals surface area contributed by atoms with E-state index in [2.05, 4.69) is 10.2 Å². The highest BCUT2D eigenvalue weighted by Crippen LogP contribution is 2.31. The first-order valence-electron chi connectivity index (χ1n) is 11.6. The SMILES string of the molecule is CCN(CC)c1ccc(S(=O)(=O)N(CC)CC)cc1NC(=O)CCc1ccc(OC)c(OC)c1. The minimum atomic E-state index is -3.65. The third-order valence-electron chi connectivity index (χ3n) is 5.78. The fourth-order valence-electron chi connectivity index (χ4n) is 3.84. The molecule has 0 bridgehead atoms. The van der Waals surface area contributed by atoms with Crippen molar-refractivity contribution in [3.63, 3.8) is 0 Å². The number of hydrogen-bond donors (Lipinski definition) is 1. The highest BCUT2D eigenvalue weighted by Gasteiger charge is 2.24. The molecule has 2 aromatic rings. The lowest BCUT2D eigenvalue weighted by atomic mass is 10.1. The molecule has 0 saturated carbocycles. The summed E-state index contributed by atoms with van der Waals surface area (Å²) in [5, 5.41) is 2.95. The normalized spacial score (nSPS) is 11.4. The van der Waals surface area contributed by atoms with Crippen LogP contribution in [0.1, 0.15) is 39.7 Å². The number of methoxy groups -OCH3 is 2. The van der Waals surface area contributed by atoms with E-state index in [0.717, 1.165) is 24.3 Å². The Labute approximate surface area is 203 Å². The lowest BCUT2D eigenvalue weighted by molar-refractivity contribution is -0.116. The minimum absolute atomic E-state index is 0.169. The lowest BCUT2D eigenvalue weighted by Crippen LogP contribution is -2.31. The van der Waals surface area contributed by atoms with Crippen LogP contribution in [0.4, 0.5) is 11.4 Å². The Bertz CT molecular complexity index is 1060. The predicted octanol–water partition coefficient (Wildman–Crippen LogP) is 4.15. The zero-order chi connectivity index (χ0) is 25.3. The molecule has 0 aromatic heterocycles. The van der Waals surface area contributed by atoms with Crippen LogP contribution in [0, 0.1) is 0 Å². The number of carbonyl (C=O) groups excluding carboxylic acids is 1. The summed E-state index contributed by atoms with van der Waals surface area (Å²) in [5.41, 5.74) is 2.23. The van der Waals surface area contributed by atoms with Crippen molar-refractivity contribution in [1.29, 1.82) is 0 Å². The van der Waals surface area contributed by atoms with Crippen molar-refractivity contribution in [2.24, 2.45) is 0 Å². The average molecular weight is 492 g/mol. The van der Waals surface area contributed by atoms with Crippen molar-refractivity contribution in [3.8, 4) is 11.5 Å². The van der Waals surface area contributed by atoms with Crippen molar-refractivity contribution < 1.29 is 22.7 Å². The van der Waals surface area contributed by atoms with E-state index in [9.17, 15) is 13.2 Å². The Balaban J connectivity index is 2.30. The second kappa shape index (κ2) is 12.6. The van der Waals surface area contributed by atoms with Gasteiger partial charge in [-0.05, 0) is 56.2 Å². The highest BCUT2D eigenvalue weighted by atomic mass is 32.2. The number of anilines is 2. The van der Waals surface area contributed by atoms with Gasteiger partial charge >= 0.3 is 0 Å². The first-order valence-corrected chi connectivity index (χ1v) is 13.1. The van der Waals surface area contributed by atoms with Gasteiger partial charge in [0.25, 0.3) is 0 Å². The molecule has 0 spiro atoms. The smallest absolute Gasteiger partial charge is 0.243 e. The van der Waals surface area contributed by atoms with Gasteiger partial charge in [0.15, 0.2) is 11.5 Å². The van der Waals surface area contributed by atoms with Crippen LogP contribution in [0.5, 0.6) is 11.5 Å². The zero-order valence-corrected chi connectivity index (χ0v) is 21.9. The fourth-order valence-corrected chi connectivity index (χ4v) is 5.32. The summed E-state index contributed by atoms with van der Waals surface area (Å²) in [6.45, 7) is 9.87. The third kappa shape index (κ3) is 6.42. The maximum absolute atomic E-state index is 13.1. The van der Waals surface area contributed by atoms with Crippen LogP contribution in [0.15, 0.2) is 41.3 Å². The number of sulfonamides is 1. The van der Waals surface area contributed by atoms with Gasteiger partial charge in [0.2, 0.25) is 15.9 Å². The molecule has 0 radical (unpaired) electrons. The summed E-state index contributed by atoms with van der Waals surface area (Å²) in [7, 11) is -0.499. The van der Waals surface area contributed by atoms with Gasteiger partial charge in [-0.2, -0.15) is 4.31 Å². The van der Waals surface area contributed by atoms with E-state index in [1.54, 1.807) is 32.4 Å². The van der Waals surface area contributed by atoms with Crippen LogP contribution in [0.2, 0.25) is 0 Å². The molecule has 2 rings (SSSR count). The molecule has 2 aromatic carbocycles. The highest BCUT2D eigenvalue weighted by molar-refractivity contribution is 7.89. The van der Waals surface area contributed by atoms with E-state index in [4.69, 9.17) is 9.47 Å². The number of benzene rings is 2. The number of carbonyl (C=O) groups is 1. The summed E-state index contributed by atoms with van der Waals surface area (Å²) in [4.78, 5) is 15.1. The first kappa shape index (κ1) is 27.5. The summed E-state index contributed by atoms with van der Waals surface area (Å²) >= 11 is 0. The number of nitrogens with one attached hydrogen (secondary N) is 1. The van der Waals surface area contributed by atoms with Gasteiger partial charge < -0.3 is 19.7 Å². The number of ether oxygens (including phenoxy) is 2. The van der Waals surface area contributed by atoms with Gasteiger partial charge in [-0.25, -0.2) is 8.42 Å². The molecule has 0 atom stereocenters. The van der Waals surface area contributed by atoms with Crippen molar-refractivity contribution >= 4 is 27.3 Å². The molecule has 0 heterocycles. The summed E-state index contributed by atoms with van der Waals surface area (Å²) in [5.74, 6) is 1.05. The quantitative estimate of drug-likeness (QED) is 0.453. The van der Waals surface area contributed by atoms with E-state index >= 15 is 0 Å². The molecule has 34 heavy (non-hydrogen) atoms. The second-order valence-corrected chi connectivity index (χ2v) is 9.62. The van der Waals surface area contributed by atoms with Crippen LogP contribution in [0.25, 0.3) is 0 Å². The van der Waals surface area contributed by atoms with Crippen LogP contribution in [-0.2, 0) is 21.2 Å². The fraction of sp³-hybridized carbons (Fsp3) is 0.480. The van der Waals surface area contributed by atoms with Gasteiger partial charge in [0.1, 0.15) is 0 Å². The maximum Gasteiger partial charge on any atom is 0.243 e. The maximum atomic E-state index is 13.1. The van der Waals surface area contributed by atoms with E-state index in [1.165, 1.54) is 4.31 Å². The van der Waals surface area contributed by atoms with Crippen molar-refractivity contribution in [2.45, 2.75) is 45.4 Å². The third-order valence-corrected chi connectivity index (χ3v) is 7.82.